The molecule has 0 bridgehead atoms. The molecule has 1 rings (SSSR count). The summed E-state index contributed by atoms with van der Waals surface area (Å²) >= 11 is 10.2. The first-order chi connectivity index (χ1) is 6.11. The molecule has 0 spiro atoms. The number of nitrogens with one attached hydrogen (secondary N) is 1. The molecular formula is C9H8Br3N. The van der Waals surface area contributed by atoms with Crippen molar-refractivity contribution in [2.45, 2.75) is 0 Å². The summed E-state index contributed by atoms with van der Waals surface area (Å²) in [6.45, 7) is 4.46. The number of para-hydroxylation sites is 1. The summed E-state index contributed by atoms with van der Waals surface area (Å²) in [7, 11) is 0. The predicted molar refractivity (Wildman–Crippen MR) is 68.4 cm³/mol. The van der Waals surface area contributed by atoms with Crippen LogP contribution in [0.1, 0.15) is 0 Å². The number of benzene rings is 1. The van der Waals surface area contributed by atoms with Gasteiger partial charge in [-0.1, -0.05) is 28.6 Å². The van der Waals surface area contributed by atoms with Crippen molar-refractivity contribution in [2.75, 3.05) is 11.9 Å². The molecule has 0 radical (unpaired) electrons. The average Bonchev–Trinajstić information content (AvgIpc) is 2.03. The maximum absolute atomic E-state index is 3.75. The smallest absolute Gasteiger partial charge is 0.0631 e. The summed E-state index contributed by atoms with van der Waals surface area (Å²) < 4.78 is 3.00. The van der Waals surface area contributed by atoms with Gasteiger partial charge >= 0.3 is 0 Å². The topological polar surface area (TPSA) is 12.0 Å². The Hall–Kier alpha value is 0.200. The molecule has 1 nitrogen and oxygen atoms in total. The summed E-state index contributed by atoms with van der Waals surface area (Å²) in [5.41, 5.74) is 1.04. The molecule has 0 aromatic heterocycles. The normalized spacial score (nSPS) is 9.77. The molecule has 13 heavy (non-hydrogen) atoms. The van der Waals surface area contributed by atoms with Crippen molar-refractivity contribution in [3.05, 3.63) is 38.2 Å². The van der Waals surface area contributed by atoms with Crippen LogP contribution in [0.4, 0.5) is 5.69 Å². The molecule has 1 N–H and O–H groups in total. The van der Waals surface area contributed by atoms with Gasteiger partial charge in [0.2, 0.25) is 0 Å². The van der Waals surface area contributed by atoms with E-state index in [0.29, 0.717) is 6.54 Å². The third-order valence-corrected chi connectivity index (χ3v) is 3.02. The van der Waals surface area contributed by atoms with Gasteiger partial charge in [-0.05, 0) is 44.0 Å². The third kappa shape index (κ3) is 3.44. The van der Waals surface area contributed by atoms with Crippen LogP contribution in [0.15, 0.2) is 38.2 Å². The van der Waals surface area contributed by atoms with Crippen molar-refractivity contribution in [3.8, 4) is 0 Å². The van der Waals surface area contributed by atoms with Crippen LogP contribution in [0, 0.1) is 0 Å². The molecule has 0 amide bonds. The fourth-order valence-corrected chi connectivity index (χ4v) is 2.27. The van der Waals surface area contributed by atoms with Gasteiger partial charge in [0.15, 0.2) is 0 Å². The Labute approximate surface area is 103 Å². The zero-order valence-corrected chi connectivity index (χ0v) is 11.5. The predicted octanol–water partition coefficient (Wildman–Crippen LogP) is 4.53. The molecule has 70 valence electrons. The van der Waals surface area contributed by atoms with Gasteiger partial charge in [-0.25, -0.2) is 0 Å². The lowest BCUT2D eigenvalue weighted by molar-refractivity contribution is 1.31. The zero-order chi connectivity index (χ0) is 9.84. The molecule has 1 aromatic rings. The first-order valence-electron chi connectivity index (χ1n) is 3.62. The minimum Gasteiger partial charge on any atom is -0.379 e. The molecular weight excluding hydrogens is 362 g/mol. The van der Waals surface area contributed by atoms with Gasteiger partial charge in [-0.2, -0.15) is 0 Å². The number of hydrogen-bond donors (Lipinski definition) is 1. The fraction of sp³-hybridized carbons (Fsp3) is 0.111. The Kier molecular flexibility index (Phi) is 4.49. The largest absolute Gasteiger partial charge is 0.379 e. The first kappa shape index (κ1) is 11.3. The van der Waals surface area contributed by atoms with E-state index in [2.05, 4.69) is 59.7 Å². The van der Waals surface area contributed by atoms with Crippen LogP contribution >= 0.6 is 47.8 Å². The molecule has 0 aliphatic heterocycles. The molecule has 0 saturated carbocycles. The second kappa shape index (κ2) is 5.17. The summed E-state index contributed by atoms with van der Waals surface area (Å²) in [6, 6.07) is 5.95. The summed E-state index contributed by atoms with van der Waals surface area (Å²) in [5, 5.41) is 3.24. The minimum atomic E-state index is 0.710. The van der Waals surface area contributed by atoms with Gasteiger partial charge < -0.3 is 5.32 Å². The molecule has 0 aliphatic carbocycles. The molecule has 1 aromatic carbocycles. The van der Waals surface area contributed by atoms with Gasteiger partial charge in [-0.15, -0.1) is 0 Å². The molecule has 0 atom stereocenters. The second-order valence-electron chi connectivity index (χ2n) is 2.47. The lowest BCUT2D eigenvalue weighted by atomic mass is 10.3. The Morgan fingerprint density at radius 3 is 2.31 bits per heavy atom. The quantitative estimate of drug-likeness (QED) is 0.825. The maximum atomic E-state index is 3.75. The van der Waals surface area contributed by atoms with E-state index in [0.717, 1.165) is 19.1 Å². The summed E-state index contributed by atoms with van der Waals surface area (Å²) in [5.74, 6) is 0. The Balaban J connectivity index is 2.81. The fourth-order valence-electron chi connectivity index (χ4n) is 0.851. The van der Waals surface area contributed by atoms with Gasteiger partial charge in [0, 0.05) is 20.0 Å². The highest BCUT2D eigenvalue weighted by atomic mass is 79.9. The first-order valence-corrected chi connectivity index (χ1v) is 6.00. The van der Waals surface area contributed by atoms with E-state index < -0.39 is 0 Å². The van der Waals surface area contributed by atoms with Crippen molar-refractivity contribution < 1.29 is 0 Å². The van der Waals surface area contributed by atoms with E-state index in [4.69, 9.17) is 0 Å². The maximum Gasteiger partial charge on any atom is 0.0631 e. The average molecular weight is 370 g/mol. The molecule has 0 unspecified atom stereocenters. The van der Waals surface area contributed by atoms with Gasteiger partial charge in [0.05, 0.1) is 5.69 Å². The van der Waals surface area contributed by atoms with Crippen LogP contribution in [-0.2, 0) is 0 Å². The highest BCUT2D eigenvalue weighted by molar-refractivity contribution is 9.11. The monoisotopic (exact) mass is 367 g/mol. The standard InChI is InChI=1S/C9H8Br3N/c1-6(10)5-13-9-7(11)3-2-4-8(9)12/h2-4,13H,1,5H2. The SMILES string of the molecule is C=C(Br)CNc1c(Br)cccc1Br. The molecule has 0 fully saturated rings. The molecule has 0 heterocycles. The van der Waals surface area contributed by atoms with Crippen molar-refractivity contribution >= 4 is 53.5 Å². The van der Waals surface area contributed by atoms with Crippen LogP contribution in [-0.4, -0.2) is 6.54 Å². The lowest BCUT2D eigenvalue weighted by Gasteiger charge is -2.09. The van der Waals surface area contributed by atoms with Gasteiger partial charge in [-0.3, -0.25) is 0 Å². The van der Waals surface area contributed by atoms with E-state index in [1.807, 2.05) is 18.2 Å². The van der Waals surface area contributed by atoms with E-state index >= 15 is 0 Å². The van der Waals surface area contributed by atoms with Crippen LogP contribution in [0.2, 0.25) is 0 Å². The van der Waals surface area contributed by atoms with Crippen molar-refractivity contribution in [2.24, 2.45) is 0 Å². The van der Waals surface area contributed by atoms with Crippen molar-refractivity contribution in [3.63, 3.8) is 0 Å². The highest BCUT2D eigenvalue weighted by Gasteiger charge is 2.02. The Bertz CT molecular complexity index is 302. The lowest BCUT2D eigenvalue weighted by Crippen LogP contribution is -2.01. The zero-order valence-electron chi connectivity index (χ0n) is 6.78. The van der Waals surface area contributed by atoms with Gasteiger partial charge in [0.25, 0.3) is 0 Å². The number of halogens is 3. The van der Waals surface area contributed by atoms with Crippen molar-refractivity contribution in [1.82, 2.24) is 0 Å². The molecule has 0 saturated heterocycles. The van der Waals surface area contributed by atoms with Gasteiger partial charge in [0.1, 0.15) is 0 Å². The molecule has 0 aliphatic rings. The Morgan fingerprint density at radius 2 is 1.85 bits per heavy atom. The molecule has 4 heteroatoms. The Morgan fingerprint density at radius 1 is 1.31 bits per heavy atom. The van der Waals surface area contributed by atoms with Crippen LogP contribution in [0.3, 0.4) is 0 Å². The van der Waals surface area contributed by atoms with E-state index in [1.54, 1.807) is 0 Å². The number of hydrogen-bond acceptors (Lipinski definition) is 1. The van der Waals surface area contributed by atoms with Crippen LogP contribution < -0.4 is 5.32 Å². The number of rotatable bonds is 3. The van der Waals surface area contributed by atoms with E-state index in [-0.39, 0.29) is 0 Å². The second-order valence-corrected chi connectivity index (χ2v) is 5.30. The summed E-state index contributed by atoms with van der Waals surface area (Å²) in [4.78, 5) is 0. The van der Waals surface area contributed by atoms with Crippen molar-refractivity contribution in [1.29, 1.82) is 0 Å². The highest BCUT2D eigenvalue weighted by Crippen LogP contribution is 2.30. The van der Waals surface area contributed by atoms with Crippen LogP contribution in [0.5, 0.6) is 0 Å². The number of anilines is 1. The minimum absolute atomic E-state index is 0.710. The van der Waals surface area contributed by atoms with Crippen LogP contribution in [0.25, 0.3) is 0 Å². The third-order valence-electron chi connectivity index (χ3n) is 1.42. The van der Waals surface area contributed by atoms with E-state index in [1.165, 1.54) is 0 Å². The summed E-state index contributed by atoms with van der Waals surface area (Å²) in [6.07, 6.45) is 0. The van der Waals surface area contributed by atoms with E-state index in [9.17, 15) is 0 Å².